The highest BCUT2D eigenvalue weighted by atomic mass is 14.3. The monoisotopic (exact) mass is 1210 g/mol. The van der Waals surface area contributed by atoms with E-state index in [9.17, 15) is 0 Å². The Morgan fingerprint density at radius 3 is 0.456 bits per heavy atom. The molecule has 0 atom stereocenters. The van der Waals surface area contributed by atoms with Crippen LogP contribution in [0.2, 0.25) is 0 Å². The van der Waals surface area contributed by atoms with Gasteiger partial charge in [-0.2, -0.15) is 0 Å². The molecular weight excluding hydrogens is 1080 g/mol. The Morgan fingerprint density at radius 2 is 0.289 bits per heavy atom. The summed E-state index contributed by atoms with van der Waals surface area (Å²) in [4.78, 5) is 0. The fraction of sp³-hybridized carbons (Fsp3) is 0.533. The van der Waals surface area contributed by atoms with Crippen molar-refractivity contribution < 1.29 is 0 Å². The van der Waals surface area contributed by atoms with E-state index >= 15 is 0 Å². The van der Waals surface area contributed by atoms with Gasteiger partial charge in [0.2, 0.25) is 0 Å². The fourth-order valence-electron chi connectivity index (χ4n) is 14.3. The zero-order chi connectivity index (χ0) is 62.7. The molecule has 0 spiro atoms. The highest BCUT2D eigenvalue weighted by Gasteiger charge is 2.29. The molecule has 0 heteroatoms. The van der Waals surface area contributed by atoms with Crippen LogP contribution in [-0.2, 0) is 25.7 Å². The second-order valence-corrected chi connectivity index (χ2v) is 27.5. The number of rotatable bonds is 50. The van der Waals surface area contributed by atoms with Crippen LogP contribution in [0.25, 0.3) is 66.8 Å². The predicted molar refractivity (Wildman–Crippen MR) is 401 cm³/mol. The molecular formula is C90H126. The van der Waals surface area contributed by atoms with E-state index in [-0.39, 0.29) is 0 Å². The quantitative estimate of drug-likeness (QED) is 0.0334. The molecule has 0 aliphatic rings. The van der Waals surface area contributed by atoms with Crippen LogP contribution in [0.5, 0.6) is 0 Å². The average molecular weight is 1210 g/mol. The summed E-state index contributed by atoms with van der Waals surface area (Å²) in [6.07, 6.45) is 59.1. The molecule has 0 radical (unpaired) electrons. The molecule has 486 valence electrons. The first-order valence-corrected chi connectivity index (χ1v) is 38.3. The summed E-state index contributed by atoms with van der Waals surface area (Å²) in [7, 11) is 0. The van der Waals surface area contributed by atoms with Gasteiger partial charge >= 0.3 is 0 Å². The molecule has 0 heterocycles. The number of unbranched alkanes of at least 4 members (excludes halogenated alkanes) is 36. The van der Waals surface area contributed by atoms with Gasteiger partial charge in [-0.1, -0.05) is 417 Å². The molecule has 90 heavy (non-hydrogen) atoms. The summed E-state index contributed by atoms with van der Waals surface area (Å²) in [5.74, 6) is 0. The van der Waals surface area contributed by atoms with Gasteiger partial charge in [0.05, 0.1) is 0 Å². The van der Waals surface area contributed by atoms with Gasteiger partial charge in [0, 0.05) is 0 Å². The van der Waals surface area contributed by atoms with Crippen LogP contribution in [0.3, 0.4) is 0 Å². The Balaban J connectivity index is 1.30. The van der Waals surface area contributed by atoms with E-state index in [0.29, 0.717) is 0 Å². The molecule has 7 aromatic carbocycles. The molecule has 0 saturated heterocycles. The molecule has 0 unspecified atom stereocenters. The highest BCUT2D eigenvalue weighted by Crippen LogP contribution is 2.56. The van der Waals surface area contributed by atoms with Crippen LogP contribution < -0.4 is 0 Å². The number of hydrogen-bond donors (Lipinski definition) is 0. The maximum absolute atomic E-state index is 2.50. The van der Waals surface area contributed by atoms with E-state index in [1.54, 1.807) is 0 Å². The molecule has 0 amide bonds. The third-order valence-electron chi connectivity index (χ3n) is 19.9. The second-order valence-electron chi connectivity index (χ2n) is 27.5. The fourth-order valence-corrected chi connectivity index (χ4v) is 14.3. The lowest BCUT2D eigenvalue weighted by molar-refractivity contribution is 0.556. The van der Waals surface area contributed by atoms with Gasteiger partial charge in [-0.25, -0.2) is 0 Å². The number of aryl methyl sites for hydroxylation is 4. The average Bonchev–Trinajstić information content (AvgIpc) is 0.727. The minimum Gasteiger partial charge on any atom is -0.0654 e. The molecule has 0 aliphatic carbocycles. The third kappa shape index (κ3) is 25.6. The highest BCUT2D eigenvalue weighted by molar-refractivity contribution is 6.15. The maximum atomic E-state index is 2.50. The van der Waals surface area contributed by atoms with Crippen molar-refractivity contribution in [1.29, 1.82) is 0 Å². The first-order valence-electron chi connectivity index (χ1n) is 38.3. The van der Waals surface area contributed by atoms with Crippen LogP contribution in [-0.4, -0.2) is 0 Å². The Kier molecular flexibility index (Phi) is 35.9. The van der Waals surface area contributed by atoms with Crippen molar-refractivity contribution >= 4 is 0 Å². The maximum Gasteiger partial charge on any atom is -0.00139 e. The van der Waals surface area contributed by atoms with Crippen LogP contribution in [0.4, 0.5) is 0 Å². The van der Waals surface area contributed by atoms with Crippen LogP contribution in [0.15, 0.2) is 158 Å². The summed E-state index contributed by atoms with van der Waals surface area (Å²) in [6, 6.07) is 62.8. The predicted octanol–water partition coefficient (Wildman–Crippen LogP) is 29.5. The summed E-state index contributed by atoms with van der Waals surface area (Å²) >= 11 is 0. The Labute approximate surface area is 553 Å². The van der Waals surface area contributed by atoms with Gasteiger partial charge in [0.1, 0.15) is 0 Å². The van der Waals surface area contributed by atoms with Crippen molar-refractivity contribution in [3.63, 3.8) is 0 Å². The van der Waals surface area contributed by atoms with E-state index < -0.39 is 0 Å². The molecule has 0 N–H and O–H groups in total. The van der Waals surface area contributed by atoms with Crippen molar-refractivity contribution in [2.45, 2.75) is 310 Å². The van der Waals surface area contributed by atoms with E-state index in [1.165, 1.54) is 346 Å². The summed E-state index contributed by atoms with van der Waals surface area (Å²) in [5.41, 5.74) is 21.5. The molecule has 0 aromatic heterocycles. The first-order chi connectivity index (χ1) is 44.6. The molecule has 7 aromatic rings. The number of benzene rings is 7. The van der Waals surface area contributed by atoms with Crippen molar-refractivity contribution in [1.82, 2.24) is 0 Å². The lowest BCUT2D eigenvalue weighted by Crippen LogP contribution is -2.02. The van der Waals surface area contributed by atoms with Crippen molar-refractivity contribution in [2.24, 2.45) is 0 Å². The molecule has 0 aliphatic heterocycles. The van der Waals surface area contributed by atoms with Crippen molar-refractivity contribution in [2.75, 3.05) is 0 Å². The normalized spacial score (nSPS) is 11.5. The van der Waals surface area contributed by atoms with E-state index in [1.807, 2.05) is 0 Å². The standard InChI is InChI=1S/C90H126/c1-5-9-13-17-21-25-29-33-37-43-51-75-59-67-81(68-60-75)87-85(79-55-47-41-48-56-79)86(80-57-49-42-50-58-80)88(82-69-61-76(62-70-82)52-44-38-34-30-26-22-18-14-10-6-2)90(84-73-65-78(66-74-84)54-46-40-36-32-28-24-20-16-12-8-4)89(87)83-71-63-77(64-72-83)53-45-39-35-31-27-23-19-15-11-7-3/h41-42,47-50,55-74H,5-40,43-46,51-54H2,1-4H3. The number of hydrogen-bond acceptors (Lipinski definition) is 0. The Bertz CT molecular complexity index is 2680. The molecule has 0 fully saturated rings. The lowest BCUT2D eigenvalue weighted by atomic mass is 9.74. The topological polar surface area (TPSA) is 0 Å². The summed E-state index contributed by atoms with van der Waals surface area (Å²) in [6.45, 7) is 9.28. The van der Waals surface area contributed by atoms with Gasteiger partial charge in [0.25, 0.3) is 0 Å². The summed E-state index contributed by atoms with van der Waals surface area (Å²) < 4.78 is 0. The minimum atomic E-state index is 1.13. The Morgan fingerprint density at radius 1 is 0.144 bits per heavy atom. The van der Waals surface area contributed by atoms with Gasteiger partial charge in [0.15, 0.2) is 0 Å². The van der Waals surface area contributed by atoms with E-state index in [4.69, 9.17) is 0 Å². The molecule has 0 bridgehead atoms. The van der Waals surface area contributed by atoms with Crippen LogP contribution in [0.1, 0.15) is 307 Å². The zero-order valence-electron chi connectivity index (χ0n) is 58.1. The van der Waals surface area contributed by atoms with Crippen molar-refractivity contribution in [3.8, 4) is 66.8 Å². The minimum absolute atomic E-state index is 1.13. The smallest absolute Gasteiger partial charge is 0.00139 e. The summed E-state index contributed by atoms with van der Waals surface area (Å²) in [5, 5.41) is 0. The lowest BCUT2D eigenvalue weighted by Gasteiger charge is -2.29. The largest absolute Gasteiger partial charge is 0.0654 e. The van der Waals surface area contributed by atoms with Gasteiger partial charge in [-0.3, -0.25) is 0 Å². The van der Waals surface area contributed by atoms with Gasteiger partial charge in [-0.05, 0) is 140 Å². The van der Waals surface area contributed by atoms with E-state index in [2.05, 4.69) is 185 Å². The second kappa shape index (κ2) is 44.9. The SMILES string of the molecule is CCCCCCCCCCCCc1ccc(-c2c(-c3ccccc3)c(-c3ccccc3)c(-c3ccc(CCCCCCCCCCCC)cc3)c(-c3ccc(CCCCCCCCCCCC)cc3)c2-c2ccc(CCCCCCCCCCCC)cc2)cc1. The van der Waals surface area contributed by atoms with E-state index in [0.717, 1.165) is 25.7 Å². The van der Waals surface area contributed by atoms with Gasteiger partial charge in [-0.15, -0.1) is 0 Å². The third-order valence-corrected chi connectivity index (χ3v) is 19.9. The zero-order valence-corrected chi connectivity index (χ0v) is 58.1. The molecule has 0 nitrogen and oxygen atoms in total. The first kappa shape index (κ1) is 72.0. The molecule has 0 saturated carbocycles. The van der Waals surface area contributed by atoms with Crippen molar-refractivity contribution in [3.05, 3.63) is 180 Å². The Hall–Kier alpha value is -5.46. The molecule has 7 rings (SSSR count). The van der Waals surface area contributed by atoms with Crippen LogP contribution in [0, 0.1) is 0 Å². The van der Waals surface area contributed by atoms with Crippen LogP contribution >= 0.6 is 0 Å². The van der Waals surface area contributed by atoms with Gasteiger partial charge < -0.3 is 0 Å².